The third-order valence-electron chi connectivity index (χ3n) is 3.26. The Hall–Kier alpha value is -2.60. The van der Waals surface area contributed by atoms with Gasteiger partial charge in [-0.2, -0.15) is 5.10 Å². The number of rotatable bonds is 2. The Bertz CT molecular complexity index is 942. The molecule has 0 radical (unpaired) electrons. The van der Waals surface area contributed by atoms with Crippen molar-refractivity contribution < 1.29 is 4.79 Å². The van der Waals surface area contributed by atoms with Crippen LogP contribution >= 0.6 is 11.6 Å². The minimum absolute atomic E-state index is 0.172. The summed E-state index contributed by atoms with van der Waals surface area (Å²) in [6.07, 6.45) is 1.65. The Morgan fingerprint density at radius 1 is 1.32 bits per heavy atom. The molecule has 0 aliphatic heterocycles. The summed E-state index contributed by atoms with van der Waals surface area (Å²) in [5.41, 5.74) is 2.37. The number of aryl methyl sites for hydroxylation is 2. The highest BCUT2D eigenvalue weighted by molar-refractivity contribution is 6.30. The zero-order chi connectivity index (χ0) is 15.9. The number of benzene rings is 1. The number of carbonyl (C=O) groups excluding carboxylic acids is 1. The number of carbonyl (C=O) groups is 1. The maximum absolute atomic E-state index is 12.3. The van der Waals surface area contributed by atoms with E-state index < -0.39 is 0 Å². The van der Waals surface area contributed by atoms with Crippen molar-refractivity contribution in [2.45, 2.75) is 13.8 Å². The zero-order valence-corrected chi connectivity index (χ0v) is 12.7. The molecule has 0 fully saturated rings. The average Bonchev–Trinajstić information content (AvgIpc) is 2.86. The van der Waals surface area contributed by atoms with E-state index in [4.69, 9.17) is 11.6 Å². The monoisotopic (exact) mass is 316 g/mol. The highest BCUT2D eigenvalue weighted by Crippen LogP contribution is 2.20. The summed E-state index contributed by atoms with van der Waals surface area (Å²) in [5.74, 6) is -0.383. The quantitative estimate of drug-likeness (QED) is 0.762. The molecule has 3 aromatic rings. The largest absolute Gasteiger partial charge is 0.323 e. The van der Waals surface area contributed by atoms with Crippen molar-refractivity contribution in [3.63, 3.8) is 0 Å². The smallest absolute Gasteiger partial charge is 0.276 e. The van der Waals surface area contributed by atoms with E-state index in [0.717, 1.165) is 5.56 Å². The molecule has 0 aliphatic carbocycles. The SMILES string of the molecule is Cc1cn2nc(C(=O)Nc3ccc(Cl)cc3C)cc2c(=O)[nH]1. The molecule has 3 rings (SSSR count). The van der Waals surface area contributed by atoms with Crippen LogP contribution in [0, 0.1) is 13.8 Å². The van der Waals surface area contributed by atoms with E-state index in [2.05, 4.69) is 15.4 Å². The first kappa shape index (κ1) is 14.3. The van der Waals surface area contributed by atoms with Crippen LogP contribution in [0.15, 0.2) is 35.3 Å². The molecule has 0 atom stereocenters. The number of aromatic amines is 1. The van der Waals surface area contributed by atoms with E-state index in [1.807, 2.05) is 6.92 Å². The van der Waals surface area contributed by atoms with E-state index >= 15 is 0 Å². The molecular weight excluding hydrogens is 304 g/mol. The number of hydrogen-bond acceptors (Lipinski definition) is 3. The van der Waals surface area contributed by atoms with Crippen molar-refractivity contribution in [1.29, 1.82) is 0 Å². The first-order valence-electron chi connectivity index (χ1n) is 6.61. The summed E-state index contributed by atoms with van der Waals surface area (Å²) in [6, 6.07) is 6.64. The number of anilines is 1. The van der Waals surface area contributed by atoms with Crippen LogP contribution in [0.2, 0.25) is 5.02 Å². The molecule has 2 aromatic heterocycles. The molecule has 1 aromatic carbocycles. The summed E-state index contributed by atoms with van der Waals surface area (Å²) in [6.45, 7) is 3.60. The van der Waals surface area contributed by atoms with Gasteiger partial charge in [-0.15, -0.1) is 0 Å². The third-order valence-corrected chi connectivity index (χ3v) is 3.50. The first-order valence-corrected chi connectivity index (χ1v) is 6.98. The molecule has 6 nitrogen and oxygen atoms in total. The molecule has 2 N–H and O–H groups in total. The van der Waals surface area contributed by atoms with Crippen LogP contribution in [0.3, 0.4) is 0 Å². The number of halogens is 1. The van der Waals surface area contributed by atoms with Gasteiger partial charge in [0, 0.05) is 28.7 Å². The van der Waals surface area contributed by atoms with Crippen LogP contribution in [0.5, 0.6) is 0 Å². The fourth-order valence-corrected chi connectivity index (χ4v) is 2.41. The van der Waals surface area contributed by atoms with Crippen LogP contribution in [-0.4, -0.2) is 20.5 Å². The van der Waals surface area contributed by atoms with Crippen molar-refractivity contribution in [3.8, 4) is 0 Å². The molecule has 0 unspecified atom stereocenters. The summed E-state index contributed by atoms with van der Waals surface area (Å²) >= 11 is 5.89. The van der Waals surface area contributed by atoms with Gasteiger partial charge in [0.15, 0.2) is 5.69 Å². The Balaban J connectivity index is 1.95. The van der Waals surface area contributed by atoms with Crippen LogP contribution in [0.25, 0.3) is 5.52 Å². The highest BCUT2D eigenvalue weighted by Gasteiger charge is 2.14. The van der Waals surface area contributed by atoms with Gasteiger partial charge in [0.1, 0.15) is 5.52 Å². The van der Waals surface area contributed by atoms with Gasteiger partial charge in [0.05, 0.1) is 0 Å². The standard InChI is InChI=1S/C15H13ClN4O2/c1-8-5-10(16)3-4-11(8)18-14(21)12-6-13-15(22)17-9(2)7-20(13)19-12/h3-7H,1-2H3,(H,17,22)(H,18,21). The lowest BCUT2D eigenvalue weighted by Crippen LogP contribution is -2.13. The van der Waals surface area contributed by atoms with Crippen molar-refractivity contribution >= 4 is 28.7 Å². The molecule has 0 aliphatic rings. The summed E-state index contributed by atoms with van der Waals surface area (Å²) < 4.78 is 1.40. The molecule has 22 heavy (non-hydrogen) atoms. The van der Waals surface area contributed by atoms with Gasteiger partial charge >= 0.3 is 0 Å². The van der Waals surface area contributed by atoms with E-state index in [1.165, 1.54) is 10.6 Å². The fourth-order valence-electron chi connectivity index (χ4n) is 2.19. The normalized spacial score (nSPS) is 10.9. The lowest BCUT2D eigenvalue weighted by molar-refractivity contribution is 0.102. The van der Waals surface area contributed by atoms with Gasteiger partial charge < -0.3 is 10.3 Å². The Morgan fingerprint density at radius 3 is 2.82 bits per heavy atom. The molecular formula is C15H13ClN4O2. The minimum Gasteiger partial charge on any atom is -0.323 e. The van der Waals surface area contributed by atoms with Gasteiger partial charge in [-0.25, -0.2) is 4.52 Å². The Kier molecular flexibility index (Phi) is 3.46. The topological polar surface area (TPSA) is 79.3 Å². The maximum Gasteiger partial charge on any atom is 0.276 e. The predicted octanol–water partition coefficient (Wildman–Crippen LogP) is 2.55. The van der Waals surface area contributed by atoms with Crippen molar-refractivity contribution in [2.24, 2.45) is 0 Å². The first-order chi connectivity index (χ1) is 10.4. The number of H-pyrrole nitrogens is 1. The zero-order valence-electron chi connectivity index (χ0n) is 12.0. The summed E-state index contributed by atoms with van der Waals surface area (Å²) in [7, 11) is 0. The summed E-state index contributed by atoms with van der Waals surface area (Å²) in [4.78, 5) is 26.8. The summed E-state index contributed by atoms with van der Waals surface area (Å²) in [5, 5.41) is 7.50. The molecule has 0 saturated heterocycles. The number of nitrogens with zero attached hydrogens (tertiary/aromatic N) is 2. The van der Waals surface area contributed by atoms with Gasteiger partial charge in [0.25, 0.3) is 11.5 Å². The van der Waals surface area contributed by atoms with Gasteiger partial charge in [-0.05, 0) is 37.6 Å². The number of amides is 1. The minimum atomic E-state index is -0.383. The number of fused-ring (bicyclic) bond motifs is 1. The third kappa shape index (κ3) is 2.60. The molecule has 2 heterocycles. The molecule has 112 valence electrons. The maximum atomic E-state index is 12.3. The van der Waals surface area contributed by atoms with Gasteiger partial charge in [-0.1, -0.05) is 11.6 Å². The number of nitrogens with one attached hydrogen (secondary N) is 2. The van der Waals surface area contributed by atoms with Crippen molar-refractivity contribution in [2.75, 3.05) is 5.32 Å². The second-order valence-corrected chi connectivity index (χ2v) is 5.48. The second kappa shape index (κ2) is 5.31. The van der Waals surface area contributed by atoms with Gasteiger partial charge in [-0.3, -0.25) is 9.59 Å². The molecule has 7 heteroatoms. The van der Waals surface area contributed by atoms with Crippen LogP contribution in [0.4, 0.5) is 5.69 Å². The molecule has 1 amide bonds. The lowest BCUT2D eigenvalue weighted by Gasteiger charge is -2.06. The van der Waals surface area contributed by atoms with E-state index in [9.17, 15) is 9.59 Å². The molecule has 0 spiro atoms. The van der Waals surface area contributed by atoms with Crippen molar-refractivity contribution in [1.82, 2.24) is 14.6 Å². The number of aromatic nitrogens is 3. The van der Waals surface area contributed by atoms with E-state index in [1.54, 1.807) is 31.3 Å². The fraction of sp³-hybridized carbons (Fsp3) is 0.133. The average molecular weight is 317 g/mol. The van der Waals surface area contributed by atoms with E-state index in [0.29, 0.717) is 21.9 Å². The predicted molar refractivity (Wildman–Crippen MR) is 84.7 cm³/mol. The molecule has 0 bridgehead atoms. The van der Waals surface area contributed by atoms with Crippen LogP contribution < -0.4 is 10.9 Å². The number of hydrogen-bond donors (Lipinski definition) is 2. The second-order valence-electron chi connectivity index (χ2n) is 5.04. The van der Waals surface area contributed by atoms with Crippen molar-refractivity contribution in [3.05, 3.63) is 62.8 Å². The van der Waals surface area contributed by atoms with E-state index in [-0.39, 0.29) is 17.2 Å². The molecule has 0 saturated carbocycles. The Labute approximate surface area is 130 Å². The lowest BCUT2D eigenvalue weighted by atomic mass is 10.2. The highest BCUT2D eigenvalue weighted by atomic mass is 35.5. The van der Waals surface area contributed by atoms with Crippen LogP contribution in [-0.2, 0) is 0 Å². The van der Waals surface area contributed by atoms with Crippen LogP contribution in [0.1, 0.15) is 21.7 Å². The Morgan fingerprint density at radius 2 is 2.09 bits per heavy atom. The van der Waals surface area contributed by atoms with Gasteiger partial charge in [0.2, 0.25) is 0 Å².